The van der Waals surface area contributed by atoms with E-state index in [9.17, 15) is 13.2 Å². The molecule has 0 bridgehead atoms. The summed E-state index contributed by atoms with van der Waals surface area (Å²) in [5.41, 5.74) is 0. The van der Waals surface area contributed by atoms with E-state index in [2.05, 4.69) is 4.72 Å². The van der Waals surface area contributed by atoms with Gasteiger partial charge in [0, 0.05) is 13.1 Å². The van der Waals surface area contributed by atoms with E-state index in [1.807, 2.05) is 0 Å². The second-order valence-electron chi connectivity index (χ2n) is 2.77. The highest BCUT2D eigenvalue weighted by Crippen LogP contribution is 2.18. The molecule has 0 saturated carbocycles. The van der Waals surface area contributed by atoms with Crippen LogP contribution in [0, 0.1) is 0 Å². The van der Waals surface area contributed by atoms with Gasteiger partial charge in [0.15, 0.2) is 0 Å². The molecule has 8 heteroatoms. The zero-order valence-electron chi connectivity index (χ0n) is 7.52. The average Bonchev–Trinajstić information content (AvgIpc) is 2.33. The fourth-order valence-corrected chi connectivity index (χ4v) is 2.52. The van der Waals surface area contributed by atoms with Crippen LogP contribution in [0.4, 0.5) is 0 Å². The molecule has 1 heterocycles. The van der Waals surface area contributed by atoms with Crippen LogP contribution in [0.15, 0.2) is 0 Å². The second-order valence-corrected chi connectivity index (χ2v) is 6.21. The topological polar surface area (TPSA) is 66.5 Å². The van der Waals surface area contributed by atoms with E-state index >= 15 is 0 Å². The molecule has 0 aromatic heterocycles. The number of nitrogens with one attached hydrogen (secondary N) is 1. The van der Waals surface area contributed by atoms with Crippen LogP contribution < -0.4 is 4.72 Å². The number of hydrogen-bond donors (Lipinski definition) is 1. The van der Waals surface area contributed by atoms with Crippen LogP contribution in [-0.4, -0.2) is 48.6 Å². The van der Waals surface area contributed by atoms with Crippen LogP contribution in [0.3, 0.4) is 0 Å². The Balaban J connectivity index is 2.38. The third-order valence-corrected chi connectivity index (χ3v) is 3.70. The summed E-state index contributed by atoms with van der Waals surface area (Å²) in [7, 11) is -3.19. The van der Waals surface area contributed by atoms with Gasteiger partial charge in [-0.15, -0.1) is 0 Å². The lowest BCUT2D eigenvalue weighted by Gasteiger charge is -2.14. The molecule has 1 N–H and O–H groups in total. The predicted octanol–water partition coefficient (Wildman–Crippen LogP) is -0.604. The van der Waals surface area contributed by atoms with Gasteiger partial charge in [0.2, 0.25) is 15.9 Å². The van der Waals surface area contributed by atoms with Crippen molar-refractivity contribution in [3.8, 4) is 0 Å². The number of carbonyl (C=O) groups is 1. The Hall–Kier alpha value is -0.180. The van der Waals surface area contributed by atoms with Gasteiger partial charge >= 0.3 is 0 Å². The number of thioether (sulfide) groups is 1. The summed E-state index contributed by atoms with van der Waals surface area (Å²) in [5.74, 6) is 0.299. The van der Waals surface area contributed by atoms with Crippen molar-refractivity contribution in [2.45, 2.75) is 0 Å². The Bertz CT molecular complexity index is 335. The van der Waals surface area contributed by atoms with Crippen LogP contribution >= 0.6 is 24.0 Å². The summed E-state index contributed by atoms with van der Waals surface area (Å²) in [4.78, 5) is 12.6. The van der Waals surface area contributed by atoms with Gasteiger partial charge in [-0.1, -0.05) is 24.0 Å². The SMILES string of the molecule is CS(=O)(=O)NCCN1C(=O)CSC1=S. The van der Waals surface area contributed by atoms with Crippen molar-refractivity contribution in [2.75, 3.05) is 25.1 Å². The van der Waals surface area contributed by atoms with Gasteiger partial charge in [0.25, 0.3) is 0 Å². The van der Waals surface area contributed by atoms with E-state index in [0.29, 0.717) is 16.6 Å². The van der Waals surface area contributed by atoms with Gasteiger partial charge in [-0.25, -0.2) is 13.1 Å². The molecule has 1 amide bonds. The number of amides is 1. The maximum Gasteiger partial charge on any atom is 0.238 e. The van der Waals surface area contributed by atoms with Gasteiger partial charge in [-0.2, -0.15) is 0 Å². The van der Waals surface area contributed by atoms with Crippen molar-refractivity contribution < 1.29 is 13.2 Å². The van der Waals surface area contributed by atoms with Gasteiger partial charge in [-0.3, -0.25) is 9.69 Å². The number of sulfonamides is 1. The molecule has 0 atom stereocenters. The first-order chi connectivity index (χ1) is 6.40. The van der Waals surface area contributed by atoms with Gasteiger partial charge in [0.05, 0.1) is 12.0 Å². The van der Waals surface area contributed by atoms with Gasteiger partial charge in [0.1, 0.15) is 4.32 Å². The Kier molecular flexibility index (Phi) is 3.87. The summed E-state index contributed by atoms with van der Waals surface area (Å²) < 4.78 is 24.2. The van der Waals surface area contributed by atoms with Crippen molar-refractivity contribution in [2.24, 2.45) is 0 Å². The number of nitrogens with zero attached hydrogens (tertiary/aromatic N) is 1. The molecule has 0 unspecified atom stereocenters. The first-order valence-corrected chi connectivity index (χ1v) is 7.10. The van der Waals surface area contributed by atoms with Crippen molar-refractivity contribution in [3.05, 3.63) is 0 Å². The molecule has 0 aliphatic carbocycles. The van der Waals surface area contributed by atoms with Crippen molar-refractivity contribution >= 4 is 44.2 Å². The van der Waals surface area contributed by atoms with Gasteiger partial charge < -0.3 is 0 Å². The van der Waals surface area contributed by atoms with E-state index in [4.69, 9.17) is 12.2 Å². The smallest absolute Gasteiger partial charge is 0.238 e. The highest BCUT2D eigenvalue weighted by molar-refractivity contribution is 8.23. The Labute approximate surface area is 92.3 Å². The number of carbonyl (C=O) groups excluding carboxylic acids is 1. The molecule has 5 nitrogen and oxygen atoms in total. The number of thiocarbonyl (C=S) groups is 1. The summed E-state index contributed by atoms with van der Waals surface area (Å²) in [6.45, 7) is 0.503. The first-order valence-electron chi connectivity index (χ1n) is 3.82. The normalized spacial score (nSPS) is 17.9. The molecule has 1 fully saturated rings. The summed E-state index contributed by atoms with van der Waals surface area (Å²) in [6.07, 6.45) is 1.08. The zero-order valence-corrected chi connectivity index (χ0v) is 9.97. The number of hydrogen-bond acceptors (Lipinski definition) is 5. The van der Waals surface area contributed by atoms with Crippen LogP contribution in [-0.2, 0) is 14.8 Å². The third kappa shape index (κ3) is 3.52. The Morgan fingerprint density at radius 2 is 2.29 bits per heavy atom. The molecule has 1 saturated heterocycles. The van der Waals surface area contributed by atoms with Crippen molar-refractivity contribution in [1.82, 2.24) is 9.62 Å². The largest absolute Gasteiger partial charge is 0.296 e. The van der Waals surface area contributed by atoms with Crippen molar-refractivity contribution in [1.29, 1.82) is 0 Å². The molecule has 0 aromatic carbocycles. The molecule has 1 rings (SSSR count). The minimum atomic E-state index is -3.19. The zero-order chi connectivity index (χ0) is 10.8. The summed E-state index contributed by atoms with van der Waals surface area (Å²) >= 11 is 6.22. The lowest BCUT2D eigenvalue weighted by molar-refractivity contribution is -0.123. The molecule has 0 aromatic rings. The molecular formula is C6H10N2O3S3. The van der Waals surface area contributed by atoms with E-state index in [0.717, 1.165) is 6.26 Å². The molecule has 0 radical (unpaired) electrons. The standard InChI is InChI=1S/C6H10N2O3S3/c1-14(10,11)7-2-3-8-5(9)4-13-6(8)12/h7H,2-4H2,1H3. The van der Waals surface area contributed by atoms with Crippen LogP contribution in [0.5, 0.6) is 0 Å². The second kappa shape index (κ2) is 4.56. The van der Waals surface area contributed by atoms with E-state index < -0.39 is 10.0 Å². The highest BCUT2D eigenvalue weighted by atomic mass is 32.2. The fraction of sp³-hybridized carbons (Fsp3) is 0.667. The summed E-state index contributed by atoms with van der Waals surface area (Å²) in [6, 6.07) is 0. The quantitative estimate of drug-likeness (QED) is 0.678. The van der Waals surface area contributed by atoms with Crippen LogP contribution in [0.2, 0.25) is 0 Å². The van der Waals surface area contributed by atoms with Gasteiger partial charge in [-0.05, 0) is 0 Å². The maximum absolute atomic E-state index is 11.2. The third-order valence-electron chi connectivity index (χ3n) is 1.54. The molecular weight excluding hydrogens is 244 g/mol. The monoisotopic (exact) mass is 254 g/mol. The fourth-order valence-electron chi connectivity index (χ4n) is 0.940. The predicted molar refractivity (Wildman–Crippen MR) is 59.6 cm³/mol. The Morgan fingerprint density at radius 3 is 2.71 bits per heavy atom. The maximum atomic E-state index is 11.2. The molecule has 1 aliphatic heterocycles. The molecule has 0 spiro atoms. The lowest BCUT2D eigenvalue weighted by Crippen LogP contribution is -2.37. The Morgan fingerprint density at radius 1 is 1.64 bits per heavy atom. The number of rotatable bonds is 4. The van der Waals surface area contributed by atoms with Crippen LogP contribution in [0.25, 0.3) is 0 Å². The molecule has 1 aliphatic rings. The van der Waals surface area contributed by atoms with Crippen molar-refractivity contribution in [3.63, 3.8) is 0 Å². The van der Waals surface area contributed by atoms with Crippen LogP contribution in [0.1, 0.15) is 0 Å². The lowest BCUT2D eigenvalue weighted by atomic mass is 10.5. The molecule has 14 heavy (non-hydrogen) atoms. The van der Waals surface area contributed by atoms with E-state index in [1.54, 1.807) is 0 Å². The highest BCUT2D eigenvalue weighted by Gasteiger charge is 2.25. The van der Waals surface area contributed by atoms with E-state index in [-0.39, 0.29) is 12.5 Å². The minimum Gasteiger partial charge on any atom is -0.296 e. The molecule has 80 valence electrons. The minimum absolute atomic E-state index is 0.0599. The summed E-state index contributed by atoms with van der Waals surface area (Å²) in [5, 5.41) is 0. The first kappa shape index (κ1) is 11.9. The average molecular weight is 254 g/mol. The van der Waals surface area contributed by atoms with E-state index in [1.165, 1.54) is 16.7 Å².